The Balaban J connectivity index is 1.12. The van der Waals surface area contributed by atoms with Gasteiger partial charge >= 0.3 is 0 Å². The molecule has 19 heteroatoms. The van der Waals surface area contributed by atoms with Gasteiger partial charge in [-0.1, -0.05) is 29.0 Å². The van der Waals surface area contributed by atoms with Crippen LogP contribution in [0.3, 0.4) is 0 Å². The first-order chi connectivity index (χ1) is 28.5. The SMILES string of the molecule is COc1cccc2c1C(=O)c1c(O)c3c(c(O)c1C2=O)C[C@@](O)(C(CO)=NNC(=O)CCSSc1ccccn1)C[C@@H]3O[C@H]1C[C@H]2[C@H](O[C@@H]3[C@@H](OC)OCCN32)[C@H](C)O1. The van der Waals surface area contributed by atoms with Crippen molar-refractivity contribution in [1.29, 1.82) is 0 Å². The van der Waals surface area contributed by atoms with Gasteiger partial charge < -0.3 is 48.8 Å². The molecule has 2 aliphatic carbocycles. The number of benzene rings is 2. The normalized spacial score (nSPS) is 28.9. The predicted molar refractivity (Wildman–Crippen MR) is 211 cm³/mol. The fourth-order valence-corrected chi connectivity index (χ4v) is 10.5. The highest BCUT2D eigenvalue weighted by atomic mass is 33.1. The molecule has 0 radical (unpaired) electrons. The van der Waals surface area contributed by atoms with Crippen molar-refractivity contribution in [1.82, 2.24) is 15.3 Å². The van der Waals surface area contributed by atoms with Crippen LogP contribution in [0.4, 0.5) is 0 Å². The molecule has 8 atom stereocenters. The van der Waals surface area contributed by atoms with Crippen LogP contribution < -0.4 is 10.2 Å². The summed E-state index contributed by atoms with van der Waals surface area (Å²) in [5, 5.41) is 52.0. The van der Waals surface area contributed by atoms with E-state index in [9.17, 15) is 34.8 Å². The molecule has 1 amide bonds. The van der Waals surface area contributed by atoms with Crippen molar-refractivity contribution in [3.8, 4) is 17.2 Å². The van der Waals surface area contributed by atoms with Crippen LogP contribution in [-0.2, 0) is 34.9 Å². The minimum absolute atomic E-state index is 0.0395. The summed E-state index contributed by atoms with van der Waals surface area (Å²) in [5.74, 6) is -2.73. The Morgan fingerprint density at radius 1 is 1.08 bits per heavy atom. The quantitative estimate of drug-likeness (QED) is 0.0454. The molecular formula is C40H44N4O13S2. The van der Waals surface area contributed by atoms with Gasteiger partial charge in [0.25, 0.3) is 0 Å². The molecule has 0 unspecified atom stereocenters. The molecule has 0 saturated carbocycles. The summed E-state index contributed by atoms with van der Waals surface area (Å²) >= 11 is 0. The highest BCUT2D eigenvalue weighted by Gasteiger charge is 2.55. The summed E-state index contributed by atoms with van der Waals surface area (Å²) in [6.07, 6.45) is -3.08. The number of nitrogens with one attached hydrogen (secondary N) is 1. The van der Waals surface area contributed by atoms with Gasteiger partial charge in [0.2, 0.25) is 11.7 Å². The molecular weight excluding hydrogens is 809 g/mol. The lowest BCUT2D eigenvalue weighted by atomic mass is 9.71. The highest BCUT2D eigenvalue weighted by molar-refractivity contribution is 8.76. The molecule has 0 spiro atoms. The lowest BCUT2D eigenvalue weighted by Crippen LogP contribution is -2.55. The van der Waals surface area contributed by atoms with E-state index < -0.39 is 89.7 Å². The number of phenolic OH excluding ortho intramolecular Hbond substituents is 2. The Morgan fingerprint density at radius 2 is 1.90 bits per heavy atom. The van der Waals surface area contributed by atoms with E-state index in [1.165, 1.54) is 46.9 Å². The molecule has 5 N–H and O–H groups in total. The number of ketones is 2. The number of aromatic hydroxyl groups is 2. The molecule has 314 valence electrons. The number of phenols is 2. The second-order valence-corrected chi connectivity index (χ2v) is 17.2. The number of carbonyl (C=O) groups is 3. The predicted octanol–water partition coefficient (Wildman–Crippen LogP) is 2.84. The third-order valence-electron chi connectivity index (χ3n) is 11.4. The number of rotatable bonds is 12. The molecule has 59 heavy (non-hydrogen) atoms. The largest absolute Gasteiger partial charge is 0.507 e. The Kier molecular flexibility index (Phi) is 12.0. The fraction of sp³-hybridized carbons (Fsp3) is 0.475. The molecule has 1 aromatic heterocycles. The Bertz CT molecular complexity index is 2160. The topological polar surface area (TPSA) is 228 Å². The van der Waals surface area contributed by atoms with Crippen molar-refractivity contribution in [3.05, 3.63) is 76.0 Å². The number of hydrogen-bond donors (Lipinski definition) is 5. The van der Waals surface area contributed by atoms with Crippen LogP contribution in [0.25, 0.3) is 0 Å². The van der Waals surface area contributed by atoms with Gasteiger partial charge in [-0.15, -0.1) is 0 Å². The second kappa shape index (κ2) is 17.1. The van der Waals surface area contributed by atoms with Crippen molar-refractivity contribution < 1.29 is 63.2 Å². The molecule has 2 aromatic carbocycles. The summed E-state index contributed by atoms with van der Waals surface area (Å²) in [4.78, 5) is 47.5. The van der Waals surface area contributed by atoms with Gasteiger partial charge in [0.05, 0.1) is 54.9 Å². The monoisotopic (exact) mass is 852 g/mol. The lowest BCUT2D eigenvalue weighted by Gasteiger charge is -2.44. The van der Waals surface area contributed by atoms with E-state index in [0.29, 0.717) is 18.9 Å². The summed E-state index contributed by atoms with van der Waals surface area (Å²) < 4.78 is 36.0. The number of hydrazone groups is 1. The number of aromatic nitrogens is 1. The van der Waals surface area contributed by atoms with Crippen LogP contribution in [0.5, 0.6) is 17.2 Å². The van der Waals surface area contributed by atoms with E-state index in [4.69, 9.17) is 28.4 Å². The molecule has 17 nitrogen and oxygen atoms in total. The number of morpholine rings is 1. The van der Waals surface area contributed by atoms with Crippen LogP contribution in [0.2, 0.25) is 0 Å². The van der Waals surface area contributed by atoms with Gasteiger partial charge in [-0.25, -0.2) is 10.4 Å². The van der Waals surface area contributed by atoms with Crippen LogP contribution in [0.15, 0.2) is 52.7 Å². The lowest BCUT2D eigenvalue weighted by molar-refractivity contribution is -0.255. The molecule has 3 aromatic rings. The summed E-state index contributed by atoms with van der Waals surface area (Å²) in [6.45, 7) is 1.99. The van der Waals surface area contributed by atoms with Gasteiger partial charge in [-0.2, -0.15) is 5.10 Å². The first kappa shape index (κ1) is 41.6. The van der Waals surface area contributed by atoms with Gasteiger partial charge in [0, 0.05) is 74.0 Å². The minimum atomic E-state index is -2.11. The van der Waals surface area contributed by atoms with Crippen LogP contribution in [-0.4, -0.2) is 136 Å². The first-order valence-corrected chi connectivity index (χ1v) is 21.4. The van der Waals surface area contributed by atoms with E-state index in [-0.39, 0.29) is 65.1 Å². The summed E-state index contributed by atoms with van der Waals surface area (Å²) in [7, 11) is 5.72. The standard InChI is InChI=1S/C40H44N4O13S2/c1-19-37-22(44-12-13-54-39(53-3)38(44)57-37)15-28(55-19)56-24-17-40(51,25(18-45)42-43-26(46)10-14-58-59-27-9-4-5-11-41-27)16-21-30(24)36(50)32-31(34(21)48)33(47)20-7-6-8-23(52-2)29(20)35(32)49/h4-9,11,19,22,24,28,37-39,45,48,50-51H,10,12-18H2,1-3H3,(H,43,46)/t19-,22-,24-,28-,37+,38+,39-,40-/m0/s1. The van der Waals surface area contributed by atoms with E-state index in [2.05, 4.69) is 20.4 Å². The summed E-state index contributed by atoms with van der Waals surface area (Å²) in [5.41, 5.74) is -1.11. The number of aliphatic hydroxyl groups excluding tert-OH is 1. The van der Waals surface area contributed by atoms with Crippen LogP contribution in [0, 0.1) is 0 Å². The number of aliphatic hydroxyl groups is 2. The molecule has 3 fully saturated rings. The Morgan fingerprint density at radius 3 is 2.64 bits per heavy atom. The number of amides is 1. The maximum absolute atomic E-state index is 14.2. The molecule has 8 rings (SSSR count). The molecule has 5 aliphatic rings. The molecule has 3 aliphatic heterocycles. The zero-order valence-electron chi connectivity index (χ0n) is 32.4. The Labute approximate surface area is 346 Å². The molecule has 3 saturated heterocycles. The number of methoxy groups -OCH3 is 2. The van der Waals surface area contributed by atoms with Gasteiger partial charge in [-0.05, 0) is 35.9 Å². The van der Waals surface area contributed by atoms with E-state index in [0.717, 1.165) is 5.03 Å². The van der Waals surface area contributed by atoms with Crippen molar-refractivity contribution in [3.63, 3.8) is 0 Å². The minimum Gasteiger partial charge on any atom is -0.507 e. The van der Waals surface area contributed by atoms with Gasteiger partial charge in [0.1, 0.15) is 34.0 Å². The average Bonchev–Trinajstić information content (AvgIpc) is 3.62. The fourth-order valence-electron chi connectivity index (χ4n) is 8.65. The molecule has 0 bridgehead atoms. The number of pyridine rings is 1. The third kappa shape index (κ3) is 7.62. The maximum Gasteiger partial charge on any atom is 0.240 e. The molecule has 4 heterocycles. The van der Waals surface area contributed by atoms with Gasteiger partial charge in [0.15, 0.2) is 24.6 Å². The zero-order valence-corrected chi connectivity index (χ0v) is 34.0. The maximum atomic E-state index is 14.2. The van der Waals surface area contributed by atoms with Crippen LogP contribution in [0.1, 0.15) is 75.3 Å². The average molecular weight is 853 g/mol. The van der Waals surface area contributed by atoms with E-state index >= 15 is 0 Å². The highest BCUT2D eigenvalue weighted by Crippen LogP contribution is 2.53. The Hall–Kier alpha value is -4.15. The van der Waals surface area contributed by atoms with Crippen LogP contribution >= 0.6 is 21.6 Å². The summed E-state index contributed by atoms with van der Waals surface area (Å²) in [6, 6.07) is 9.79. The van der Waals surface area contributed by atoms with E-state index in [1.54, 1.807) is 13.3 Å². The number of ether oxygens (including phenoxy) is 6. The van der Waals surface area contributed by atoms with Crippen molar-refractivity contribution in [2.24, 2.45) is 5.10 Å². The van der Waals surface area contributed by atoms with Gasteiger partial charge in [-0.3, -0.25) is 19.3 Å². The number of nitrogens with zero attached hydrogens (tertiary/aromatic N) is 3. The number of fused-ring (bicyclic) bond motifs is 6. The smallest absolute Gasteiger partial charge is 0.240 e. The third-order valence-corrected chi connectivity index (χ3v) is 13.6. The van der Waals surface area contributed by atoms with Crippen molar-refractivity contribution in [2.75, 3.05) is 39.7 Å². The van der Waals surface area contributed by atoms with Crippen molar-refractivity contribution in [2.45, 2.75) is 86.4 Å². The second-order valence-electron chi connectivity index (χ2n) is 14.8. The number of hydrogen-bond acceptors (Lipinski definition) is 18. The first-order valence-electron chi connectivity index (χ1n) is 19.1. The van der Waals surface area contributed by atoms with E-state index in [1.807, 2.05) is 25.1 Å². The zero-order chi connectivity index (χ0) is 41.6. The van der Waals surface area contributed by atoms with Crippen molar-refractivity contribution >= 4 is 44.8 Å². The number of carbonyl (C=O) groups excluding carboxylic acids is 3.